The van der Waals surface area contributed by atoms with Crippen molar-refractivity contribution in [1.82, 2.24) is 0 Å². The highest BCUT2D eigenvalue weighted by molar-refractivity contribution is 5.65. The zero-order chi connectivity index (χ0) is 10.4. The number of primary amides is 1. The fraction of sp³-hybridized carbons (Fsp3) is 0.700. The first-order valence-electron chi connectivity index (χ1n) is 4.88. The molecule has 0 aromatic rings. The van der Waals surface area contributed by atoms with Crippen LogP contribution in [-0.4, -0.2) is 25.4 Å². The largest absolute Gasteiger partial charge is 0.442 e. The molecule has 0 saturated heterocycles. The molecular formula is C10H17NO3. The average molecular weight is 199 g/mol. The van der Waals surface area contributed by atoms with Crippen molar-refractivity contribution in [2.24, 2.45) is 5.73 Å². The van der Waals surface area contributed by atoms with Crippen LogP contribution >= 0.6 is 0 Å². The van der Waals surface area contributed by atoms with Gasteiger partial charge in [0.15, 0.2) is 0 Å². The number of methoxy groups -OCH3 is 1. The Labute approximate surface area is 84.1 Å². The van der Waals surface area contributed by atoms with Gasteiger partial charge in [0, 0.05) is 7.11 Å². The van der Waals surface area contributed by atoms with Crippen LogP contribution in [0.1, 0.15) is 25.7 Å². The lowest BCUT2D eigenvalue weighted by Crippen LogP contribution is -2.24. The Balaban J connectivity index is 2.44. The maximum atomic E-state index is 10.6. The molecule has 0 fully saturated rings. The van der Waals surface area contributed by atoms with E-state index in [0.29, 0.717) is 0 Å². The van der Waals surface area contributed by atoms with E-state index < -0.39 is 6.09 Å². The number of amides is 1. The minimum atomic E-state index is -0.714. The number of carbonyl (C=O) groups is 1. The molecule has 1 aliphatic rings. The van der Waals surface area contributed by atoms with Crippen LogP contribution in [0.3, 0.4) is 0 Å². The van der Waals surface area contributed by atoms with Gasteiger partial charge < -0.3 is 15.2 Å². The number of rotatable bonds is 2. The summed E-state index contributed by atoms with van der Waals surface area (Å²) >= 11 is 0. The Morgan fingerprint density at radius 1 is 1.43 bits per heavy atom. The summed E-state index contributed by atoms with van der Waals surface area (Å²) < 4.78 is 10.2. The molecule has 4 nitrogen and oxygen atoms in total. The van der Waals surface area contributed by atoms with E-state index >= 15 is 0 Å². The van der Waals surface area contributed by atoms with Gasteiger partial charge in [0.2, 0.25) is 0 Å². The van der Waals surface area contributed by atoms with Crippen molar-refractivity contribution < 1.29 is 14.3 Å². The third-order valence-electron chi connectivity index (χ3n) is 2.38. The Bertz CT molecular complexity index is 215. The summed E-state index contributed by atoms with van der Waals surface area (Å²) in [5, 5.41) is 0. The number of nitrogens with two attached hydrogens (primary N) is 1. The van der Waals surface area contributed by atoms with E-state index in [1.54, 1.807) is 7.11 Å². The number of allylic oxidation sites excluding steroid dienone is 1. The zero-order valence-electron chi connectivity index (χ0n) is 8.44. The van der Waals surface area contributed by atoms with Gasteiger partial charge in [-0.3, -0.25) is 0 Å². The highest BCUT2D eigenvalue weighted by Gasteiger charge is 2.15. The van der Waals surface area contributed by atoms with Crippen molar-refractivity contribution in [2.75, 3.05) is 7.11 Å². The first-order valence-corrected chi connectivity index (χ1v) is 4.88. The quantitative estimate of drug-likeness (QED) is 0.687. The number of hydrogen-bond acceptors (Lipinski definition) is 3. The molecule has 2 unspecified atom stereocenters. The molecule has 0 aromatic heterocycles. The zero-order valence-corrected chi connectivity index (χ0v) is 8.44. The summed E-state index contributed by atoms with van der Waals surface area (Å²) in [5.41, 5.74) is 4.95. The van der Waals surface area contributed by atoms with Gasteiger partial charge in [-0.15, -0.1) is 0 Å². The Hall–Kier alpha value is -1.03. The lowest BCUT2D eigenvalue weighted by molar-refractivity contribution is 0.0663. The number of hydrogen-bond donors (Lipinski definition) is 1. The second-order valence-corrected chi connectivity index (χ2v) is 3.42. The SMILES string of the molecule is COC1CC/C=C/C(OC(N)=O)CC1. The smallest absolute Gasteiger partial charge is 0.405 e. The lowest BCUT2D eigenvalue weighted by Gasteiger charge is -2.20. The van der Waals surface area contributed by atoms with Crippen molar-refractivity contribution in [3.63, 3.8) is 0 Å². The van der Waals surface area contributed by atoms with Crippen LogP contribution in [-0.2, 0) is 9.47 Å². The lowest BCUT2D eigenvalue weighted by atomic mass is 10.0. The summed E-state index contributed by atoms with van der Waals surface area (Å²) in [6, 6.07) is 0. The molecule has 0 radical (unpaired) electrons. The minimum absolute atomic E-state index is 0.189. The number of ether oxygens (including phenoxy) is 2. The molecule has 2 N–H and O–H groups in total. The molecule has 0 heterocycles. The van der Waals surface area contributed by atoms with Gasteiger partial charge in [-0.2, -0.15) is 0 Å². The highest BCUT2D eigenvalue weighted by atomic mass is 16.6. The topological polar surface area (TPSA) is 61.6 Å². The number of carbonyl (C=O) groups excluding carboxylic acids is 1. The van der Waals surface area contributed by atoms with E-state index in [1.807, 2.05) is 12.2 Å². The van der Waals surface area contributed by atoms with Crippen molar-refractivity contribution in [1.29, 1.82) is 0 Å². The van der Waals surface area contributed by atoms with Crippen LogP contribution in [0.4, 0.5) is 4.79 Å². The van der Waals surface area contributed by atoms with Crippen molar-refractivity contribution >= 4 is 6.09 Å². The van der Waals surface area contributed by atoms with Gasteiger partial charge in [-0.05, 0) is 31.8 Å². The van der Waals surface area contributed by atoms with E-state index in [0.717, 1.165) is 25.7 Å². The molecule has 4 heteroatoms. The molecule has 1 rings (SSSR count). The molecule has 0 bridgehead atoms. The maximum Gasteiger partial charge on any atom is 0.405 e. The normalized spacial score (nSPS) is 30.1. The predicted octanol–water partition coefficient (Wildman–Crippen LogP) is 1.60. The second kappa shape index (κ2) is 5.65. The molecule has 80 valence electrons. The van der Waals surface area contributed by atoms with Crippen molar-refractivity contribution in [3.05, 3.63) is 12.2 Å². The van der Waals surface area contributed by atoms with Crippen LogP contribution in [0.15, 0.2) is 12.2 Å². The van der Waals surface area contributed by atoms with E-state index in [2.05, 4.69) is 0 Å². The monoisotopic (exact) mass is 199 g/mol. The maximum absolute atomic E-state index is 10.6. The van der Waals surface area contributed by atoms with Gasteiger partial charge in [0.25, 0.3) is 0 Å². The van der Waals surface area contributed by atoms with Gasteiger partial charge in [0.1, 0.15) is 6.10 Å². The van der Waals surface area contributed by atoms with Gasteiger partial charge in [-0.25, -0.2) is 4.79 Å². The van der Waals surface area contributed by atoms with Crippen LogP contribution in [0.2, 0.25) is 0 Å². The van der Waals surface area contributed by atoms with E-state index in [4.69, 9.17) is 15.2 Å². The van der Waals surface area contributed by atoms with Gasteiger partial charge in [0.05, 0.1) is 6.10 Å². The van der Waals surface area contributed by atoms with Crippen LogP contribution < -0.4 is 5.73 Å². The summed E-state index contributed by atoms with van der Waals surface area (Å²) in [5.74, 6) is 0. The molecule has 0 spiro atoms. The van der Waals surface area contributed by atoms with Crippen molar-refractivity contribution in [3.8, 4) is 0 Å². The fourth-order valence-electron chi connectivity index (χ4n) is 1.60. The molecule has 1 amide bonds. The van der Waals surface area contributed by atoms with E-state index in [1.165, 1.54) is 0 Å². The molecule has 0 aromatic carbocycles. The molecular weight excluding hydrogens is 182 g/mol. The second-order valence-electron chi connectivity index (χ2n) is 3.42. The third-order valence-corrected chi connectivity index (χ3v) is 2.38. The van der Waals surface area contributed by atoms with Crippen LogP contribution in [0, 0.1) is 0 Å². The summed E-state index contributed by atoms with van der Waals surface area (Å²) in [7, 11) is 1.71. The van der Waals surface area contributed by atoms with E-state index in [-0.39, 0.29) is 12.2 Å². The standard InChI is InChI=1S/C10H17NO3/c1-13-8-4-2-3-5-9(7-6-8)14-10(11)12/h3,5,8-9H,2,4,6-7H2,1H3,(H2,11,12)/b5-3+. The summed E-state index contributed by atoms with van der Waals surface area (Å²) in [6.45, 7) is 0. The first-order chi connectivity index (χ1) is 6.72. The van der Waals surface area contributed by atoms with E-state index in [9.17, 15) is 4.79 Å². The Kier molecular flexibility index (Phi) is 4.46. The third kappa shape index (κ3) is 3.79. The van der Waals surface area contributed by atoms with Crippen LogP contribution in [0.5, 0.6) is 0 Å². The molecule has 2 atom stereocenters. The fourth-order valence-corrected chi connectivity index (χ4v) is 1.60. The Morgan fingerprint density at radius 3 is 2.86 bits per heavy atom. The molecule has 0 saturated carbocycles. The van der Waals surface area contributed by atoms with Gasteiger partial charge >= 0.3 is 6.09 Å². The first kappa shape index (κ1) is 11.0. The molecule has 14 heavy (non-hydrogen) atoms. The average Bonchev–Trinajstić information content (AvgIpc) is 2.10. The minimum Gasteiger partial charge on any atom is -0.442 e. The summed E-state index contributed by atoms with van der Waals surface area (Å²) in [4.78, 5) is 10.6. The van der Waals surface area contributed by atoms with Crippen molar-refractivity contribution in [2.45, 2.75) is 37.9 Å². The molecule has 0 aliphatic heterocycles. The highest BCUT2D eigenvalue weighted by Crippen LogP contribution is 2.16. The van der Waals surface area contributed by atoms with Crippen LogP contribution in [0.25, 0.3) is 0 Å². The molecule has 1 aliphatic carbocycles. The Morgan fingerprint density at radius 2 is 2.21 bits per heavy atom. The summed E-state index contributed by atoms with van der Waals surface area (Å²) in [6.07, 6.45) is 6.93. The van der Waals surface area contributed by atoms with Gasteiger partial charge in [-0.1, -0.05) is 6.08 Å². The predicted molar refractivity (Wildman–Crippen MR) is 52.9 cm³/mol.